The topological polar surface area (TPSA) is 99.5 Å². The molecule has 0 saturated heterocycles. The van der Waals surface area contributed by atoms with Gasteiger partial charge in [0.2, 0.25) is 5.91 Å². The molecular formula is C18H20N4O3. The third-order valence-electron chi connectivity index (χ3n) is 4.21. The SMILES string of the molecule is Cc1nc2cc[nH]n2c(=O)c1CC(=O)NCC(C)(O)c1ccccc1. The summed E-state index contributed by atoms with van der Waals surface area (Å²) >= 11 is 0. The highest BCUT2D eigenvalue weighted by atomic mass is 16.3. The Balaban J connectivity index is 1.72. The van der Waals surface area contributed by atoms with Gasteiger partial charge in [-0.1, -0.05) is 30.3 Å². The molecule has 1 amide bonds. The molecule has 0 radical (unpaired) electrons. The summed E-state index contributed by atoms with van der Waals surface area (Å²) in [6.07, 6.45) is 1.52. The minimum atomic E-state index is -1.19. The number of amides is 1. The quantitative estimate of drug-likeness (QED) is 0.642. The monoisotopic (exact) mass is 340 g/mol. The summed E-state index contributed by atoms with van der Waals surface area (Å²) < 4.78 is 1.30. The van der Waals surface area contributed by atoms with Gasteiger partial charge in [0.25, 0.3) is 5.56 Å². The van der Waals surface area contributed by atoms with Crippen LogP contribution >= 0.6 is 0 Å². The molecule has 130 valence electrons. The van der Waals surface area contributed by atoms with Gasteiger partial charge in [0.15, 0.2) is 5.65 Å². The van der Waals surface area contributed by atoms with Gasteiger partial charge in [0.1, 0.15) is 5.60 Å². The maximum atomic E-state index is 12.4. The number of rotatable bonds is 5. The lowest BCUT2D eigenvalue weighted by atomic mass is 9.96. The van der Waals surface area contributed by atoms with Crippen molar-refractivity contribution >= 4 is 11.6 Å². The van der Waals surface area contributed by atoms with Crippen molar-refractivity contribution in [3.8, 4) is 0 Å². The first-order chi connectivity index (χ1) is 11.9. The van der Waals surface area contributed by atoms with Crippen LogP contribution in [0.25, 0.3) is 5.65 Å². The van der Waals surface area contributed by atoms with Crippen LogP contribution in [0.1, 0.15) is 23.7 Å². The Morgan fingerprint density at radius 3 is 2.76 bits per heavy atom. The van der Waals surface area contributed by atoms with E-state index in [-0.39, 0.29) is 24.4 Å². The Kier molecular flexibility index (Phi) is 4.41. The van der Waals surface area contributed by atoms with Crippen molar-refractivity contribution in [2.75, 3.05) is 6.54 Å². The molecule has 0 fully saturated rings. The highest BCUT2D eigenvalue weighted by Gasteiger charge is 2.24. The van der Waals surface area contributed by atoms with Crippen molar-refractivity contribution in [2.24, 2.45) is 0 Å². The zero-order chi connectivity index (χ0) is 18.0. The molecule has 3 aromatic rings. The largest absolute Gasteiger partial charge is 0.384 e. The molecule has 0 aliphatic carbocycles. The van der Waals surface area contributed by atoms with Gasteiger partial charge < -0.3 is 10.4 Å². The fourth-order valence-corrected chi connectivity index (χ4v) is 2.70. The van der Waals surface area contributed by atoms with Crippen molar-refractivity contribution in [2.45, 2.75) is 25.9 Å². The van der Waals surface area contributed by atoms with Crippen LogP contribution in [0.5, 0.6) is 0 Å². The van der Waals surface area contributed by atoms with E-state index in [0.717, 1.165) is 0 Å². The van der Waals surface area contributed by atoms with Gasteiger partial charge in [-0.2, -0.15) is 0 Å². The number of hydrogen-bond donors (Lipinski definition) is 3. The van der Waals surface area contributed by atoms with Crippen LogP contribution in [-0.4, -0.2) is 32.2 Å². The van der Waals surface area contributed by atoms with Crippen LogP contribution in [0.4, 0.5) is 0 Å². The average molecular weight is 340 g/mol. The van der Waals surface area contributed by atoms with E-state index in [9.17, 15) is 14.7 Å². The maximum Gasteiger partial charge on any atom is 0.276 e. The lowest BCUT2D eigenvalue weighted by molar-refractivity contribution is -0.121. The Hall–Kier alpha value is -2.93. The molecule has 0 aliphatic heterocycles. The molecule has 1 atom stereocenters. The number of aromatic nitrogens is 3. The van der Waals surface area contributed by atoms with E-state index in [1.807, 2.05) is 18.2 Å². The third-order valence-corrected chi connectivity index (χ3v) is 4.21. The summed E-state index contributed by atoms with van der Waals surface area (Å²) in [5.41, 5.74) is 0.589. The van der Waals surface area contributed by atoms with Crippen LogP contribution in [0.2, 0.25) is 0 Å². The maximum absolute atomic E-state index is 12.4. The van der Waals surface area contributed by atoms with Gasteiger partial charge in [-0.3, -0.25) is 14.7 Å². The zero-order valence-electron chi connectivity index (χ0n) is 14.1. The summed E-state index contributed by atoms with van der Waals surface area (Å²) in [7, 11) is 0. The smallest absolute Gasteiger partial charge is 0.276 e. The van der Waals surface area contributed by atoms with E-state index in [1.165, 1.54) is 4.52 Å². The lowest BCUT2D eigenvalue weighted by Gasteiger charge is -2.24. The molecule has 2 heterocycles. The normalized spacial score (nSPS) is 13.6. The molecule has 0 spiro atoms. The number of H-pyrrole nitrogens is 1. The van der Waals surface area contributed by atoms with Crippen molar-refractivity contribution < 1.29 is 9.90 Å². The van der Waals surface area contributed by atoms with Crippen LogP contribution in [0.3, 0.4) is 0 Å². The summed E-state index contributed by atoms with van der Waals surface area (Å²) in [5.74, 6) is -0.343. The lowest BCUT2D eigenvalue weighted by Crippen LogP contribution is -2.40. The molecule has 0 bridgehead atoms. The average Bonchev–Trinajstić information content (AvgIpc) is 3.06. The van der Waals surface area contributed by atoms with Crippen LogP contribution < -0.4 is 10.9 Å². The van der Waals surface area contributed by atoms with Crippen molar-refractivity contribution in [3.05, 3.63) is 69.8 Å². The van der Waals surface area contributed by atoms with Gasteiger partial charge in [-0.05, 0) is 19.4 Å². The van der Waals surface area contributed by atoms with E-state index in [2.05, 4.69) is 15.4 Å². The first kappa shape index (κ1) is 16.9. The Labute approximate surface area is 144 Å². The predicted molar refractivity (Wildman–Crippen MR) is 93.3 cm³/mol. The van der Waals surface area contributed by atoms with Crippen LogP contribution in [0.15, 0.2) is 47.4 Å². The fraction of sp³-hybridized carbons (Fsp3) is 0.278. The molecular weight excluding hydrogens is 320 g/mol. The highest BCUT2D eigenvalue weighted by molar-refractivity contribution is 5.78. The molecule has 0 saturated carbocycles. The number of carbonyl (C=O) groups excluding carboxylic acids is 1. The molecule has 2 aromatic heterocycles. The number of aromatic amines is 1. The van der Waals surface area contributed by atoms with Crippen LogP contribution in [0, 0.1) is 6.92 Å². The number of nitrogens with zero attached hydrogens (tertiary/aromatic N) is 2. The number of carbonyl (C=O) groups is 1. The Morgan fingerprint density at radius 1 is 1.32 bits per heavy atom. The van der Waals surface area contributed by atoms with E-state index in [0.29, 0.717) is 22.5 Å². The molecule has 0 aliphatic rings. The molecule has 7 heteroatoms. The van der Waals surface area contributed by atoms with Gasteiger partial charge in [0.05, 0.1) is 13.0 Å². The summed E-state index contributed by atoms with van der Waals surface area (Å²) in [5, 5.41) is 16.0. The number of nitrogens with one attached hydrogen (secondary N) is 2. The first-order valence-electron chi connectivity index (χ1n) is 7.99. The van der Waals surface area contributed by atoms with Crippen molar-refractivity contribution in [3.63, 3.8) is 0 Å². The number of aryl methyl sites for hydroxylation is 1. The molecule has 25 heavy (non-hydrogen) atoms. The number of hydrogen-bond acceptors (Lipinski definition) is 4. The van der Waals surface area contributed by atoms with E-state index in [1.54, 1.807) is 38.2 Å². The van der Waals surface area contributed by atoms with E-state index < -0.39 is 5.60 Å². The molecule has 3 rings (SSSR count). The van der Waals surface area contributed by atoms with Gasteiger partial charge in [-0.25, -0.2) is 9.50 Å². The van der Waals surface area contributed by atoms with Gasteiger partial charge in [-0.15, -0.1) is 0 Å². The second-order valence-corrected chi connectivity index (χ2v) is 6.23. The highest BCUT2D eigenvalue weighted by Crippen LogP contribution is 2.18. The number of benzene rings is 1. The predicted octanol–water partition coefficient (Wildman–Crippen LogP) is 0.897. The zero-order valence-corrected chi connectivity index (χ0v) is 14.1. The third kappa shape index (κ3) is 3.46. The second kappa shape index (κ2) is 6.52. The van der Waals surface area contributed by atoms with Crippen molar-refractivity contribution in [1.29, 1.82) is 0 Å². The van der Waals surface area contributed by atoms with E-state index in [4.69, 9.17) is 0 Å². The standard InChI is InChI=1S/C18H20N4O3/c1-12-14(17(24)22-15(21-12)8-9-20-22)10-16(23)19-11-18(2,25)13-6-4-3-5-7-13/h3-9,20,25H,10-11H2,1-2H3,(H,19,23). The van der Waals surface area contributed by atoms with E-state index >= 15 is 0 Å². The minimum Gasteiger partial charge on any atom is -0.384 e. The first-order valence-corrected chi connectivity index (χ1v) is 7.99. The summed E-state index contributed by atoms with van der Waals surface area (Å²) in [4.78, 5) is 29.0. The number of fused-ring (bicyclic) bond motifs is 1. The molecule has 7 nitrogen and oxygen atoms in total. The fourth-order valence-electron chi connectivity index (χ4n) is 2.70. The van der Waals surface area contributed by atoms with Gasteiger partial charge >= 0.3 is 0 Å². The molecule has 1 unspecified atom stereocenters. The Bertz CT molecular complexity index is 957. The molecule has 3 N–H and O–H groups in total. The second-order valence-electron chi connectivity index (χ2n) is 6.23. The van der Waals surface area contributed by atoms with Crippen molar-refractivity contribution in [1.82, 2.24) is 19.9 Å². The summed E-state index contributed by atoms with van der Waals surface area (Å²) in [6.45, 7) is 3.39. The minimum absolute atomic E-state index is 0.0500. The number of aliphatic hydroxyl groups is 1. The molecule has 1 aromatic carbocycles. The summed E-state index contributed by atoms with van der Waals surface area (Å²) in [6, 6.07) is 10.8. The van der Waals surface area contributed by atoms with Crippen LogP contribution in [-0.2, 0) is 16.8 Å². The Morgan fingerprint density at radius 2 is 2.04 bits per heavy atom. The van der Waals surface area contributed by atoms with Gasteiger partial charge in [0, 0.05) is 23.5 Å².